The summed E-state index contributed by atoms with van der Waals surface area (Å²) in [5, 5.41) is 0.668. The first-order valence-electron chi connectivity index (χ1n) is 10.5. The molecule has 1 aromatic carbocycles. The highest BCUT2D eigenvalue weighted by atomic mass is 16.5. The van der Waals surface area contributed by atoms with Gasteiger partial charge < -0.3 is 14.5 Å². The first-order valence-corrected chi connectivity index (χ1v) is 10.5. The van der Waals surface area contributed by atoms with Crippen molar-refractivity contribution in [1.29, 1.82) is 0 Å². The van der Waals surface area contributed by atoms with Crippen LogP contribution >= 0.6 is 0 Å². The van der Waals surface area contributed by atoms with Gasteiger partial charge in [-0.3, -0.25) is 9.36 Å². The molecule has 0 N–H and O–H groups in total. The fourth-order valence-corrected chi connectivity index (χ4v) is 4.28. The second kappa shape index (κ2) is 7.68. The molecule has 2 aromatic heterocycles. The monoisotopic (exact) mass is 406 g/mol. The Hall–Kier alpha value is -3.00. The molecule has 5 rings (SSSR count). The van der Waals surface area contributed by atoms with Gasteiger partial charge in [-0.25, -0.2) is 15.0 Å². The highest BCUT2D eigenvalue weighted by Crippen LogP contribution is 2.27. The van der Waals surface area contributed by atoms with E-state index >= 15 is 0 Å². The van der Waals surface area contributed by atoms with Crippen molar-refractivity contribution in [2.24, 2.45) is 0 Å². The molecule has 156 valence electrons. The molecule has 0 aliphatic carbocycles. The maximum absolute atomic E-state index is 12.7. The van der Waals surface area contributed by atoms with Crippen LogP contribution in [-0.2, 0) is 17.8 Å². The van der Waals surface area contributed by atoms with Gasteiger partial charge in [0.15, 0.2) is 0 Å². The fraction of sp³-hybridized carbons (Fsp3) is 0.455. The molecule has 8 heteroatoms. The average Bonchev–Trinajstić information content (AvgIpc) is 2.78. The third kappa shape index (κ3) is 3.31. The van der Waals surface area contributed by atoms with Crippen LogP contribution in [0, 0.1) is 0 Å². The van der Waals surface area contributed by atoms with Crippen LogP contribution in [0.25, 0.3) is 10.9 Å². The number of aromatic nitrogens is 4. The zero-order valence-electron chi connectivity index (χ0n) is 17.4. The quantitative estimate of drug-likeness (QED) is 0.660. The van der Waals surface area contributed by atoms with Crippen LogP contribution in [0.5, 0.6) is 0 Å². The van der Waals surface area contributed by atoms with Gasteiger partial charge in [-0.1, -0.05) is 0 Å². The van der Waals surface area contributed by atoms with Crippen LogP contribution in [-0.4, -0.2) is 52.3 Å². The lowest BCUT2D eigenvalue weighted by Gasteiger charge is -2.38. The SMILES string of the molecule is CC(C)n1cnc2cc(N3CCN(c4ncnc5c4COCC5)CC3)ccc2c1=O. The number of nitrogens with zero attached hydrogens (tertiary/aromatic N) is 6. The highest BCUT2D eigenvalue weighted by Gasteiger charge is 2.24. The molecule has 30 heavy (non-hydrogen) atoms. The molecular formula is C22H26N6O2. The van der Waals surface area contributed by atoms with Gasteiger partial charge in [-0.2, -0.15) is 0 Å². The summed E-state index contributed by atoms with van der Waals surface area (Å²) in [7, 11) is 0. The number of rotatable bonds is 3. The van der Waals surface area contributed by atoms with Crippen LogP contribution < -0.4 is 15.4 Å². The Morgan fingerprint density at radius 1 is 1.03 bits per heavy atom. The van der Waals surface area contributed by atoms with Gasteiger partial charge in [0.25, 0.3) is 5.56 Å². The second-order valence-corrected chi connectivity index (χ2v) is 8.15. The van der Waals surface area contributed by atoms with Gasteiger partial charge in [0.05, 0.1) is 36.1 Å². The summed E-state index contributed by atoms with van der Waals surface area (Å²) in [6.45, 7) is 8.83. The number of anilines is 2. The van der Waals surface area contributed by atoms with Crippen molar-refractivity contribution in [3.63, 3.8) is 0 Å². The Bertz CT molecular complexity index is 1130. The third-order valence-electron chi connectivity index (χ3n) is 6.01. The van der Waals surface area contributed by atoms with Crippen molar-refractivity contribution >= 4 is 22.4 Å². The van der Waals surface area contributed by atoms with Crippen LogP contribution in [0.4, 0.5) is 11.5 Å². The van der Waals surface area contributed by atoms with E-state index in [1.165, 1.54) is 0 Å². The average molecular weight is 406 g/mol. The van der Waals surface area contributed by atoms with E-state index in [4.69, 9.17) is 4.74 Å². The summed E-state index contributed by atoms with van der Waals surface area (Å²) in [4.78, 5) is 30.8. The third-order valence-corrected chi connectivity index (χ3v) is 6.01. The Kier molecular flexibility index (Phi) is 4.86. The summed E-state index contributed by atoms with van der Waals surface area (Å²) >= 11 is 0. The maximum Gasteiger partial charge on any atom is 0.261 e. The molecular weight excluding hydrogens is 380 g/mol. The Balaban J connectivity index is 1.35. The molecule has 1 saturated heterocycles. The normalized spacial score (nSPS) is 16.9. The first kappa shape index (κ1) is 19.0. The first-order chi connectivity index (χ1) is 14.6. The number of hydrogen-bond acceptors (Lipinski definition) is 7. The van der Waals surface area contributed by atoms with Gasteiger partial charge in [-0.05, 0) is 32.0 Å². The van der Waals surface area contributed by atoms with E-state index in [0.29, 0.717) is 12.0 Å². The lowest BCUT2D eigenvalue weighted by atomic mass is 10.1. The van der Waals surface area contributed by atoms with Gasteiger partial charge in [-0.15, -0.1) is 0 Å². The van der Waals surface area contributed by atoms with Gasteiger partial charge in [0, 0.05) is 49.9 Å². The predicted molar refractivity (Wildman–Crippen MR) is 116 cm³/mol. The van der Waals surface area contributed by atoms with Crippen molar-refractivity contribution in [2.45, 2.75) is 32.9 Å². The number of fused-ring (bicyclic) bond motifs is 2. The summed E-state index contributed by atoms with van der Waals surface area (Å²) in [6.07, 6.45) is 4.18. The van der Waals surface area contributed by atoms with E-state index < -0.39 is 0 Å². The van der Waals surface area contributed by atoms with Crippen molar-refractivity contribution < 1.29 is 4.74 Å². The highest BCUT2D eigenvalue weighted by molar-refractivity contribution is 5.81. The molecule has 3 aromatic rings. The van der Waals surface area contributed by atoms with E-state index in [2.05, 4.69) is 24.8 Å². The molecule has 2 aliphatic rings. The van der Waals surface area contributed by atoms with Crippen LogP contribution in [0.2, 0.25) is 0 Å². The maximum atomic E-state index is 12.7. The van der Waals surface area contributed by atoms with Crippen molar-refractivity contribution in [2.75, 3.05) is 42.6 Å². The molecule has 0 spiro atoms. The van der Waals surface area contributed by atoms with Crippen molar-refractivity contribution in [3.05, 3.63) is 52.5 Å². The number of piperazine rings is 1. The van der Waals surface area contributed by atoms with E-state index in [1.54, 1.807) is 17.2 Å². The Morgan fingerprint density at radius 3 is 2.63 bits per heavy atom. The van der Waals surface area contributed by atoms with Gasteiger partial charge >= 0.3 is 0 Å². The topological polar surface area (TPSA) is 76.4 Å². The molecule has 0 radical (unpaired) electrons. The number of ether oxygens (including phenoxy) is 1. The molecule has 0 amide bonds. The Morgan fingerprint density at radius 2 is 1.83 bits per heavy atom. The van der Waals surface area contributed by atoms with E-state index in [1.807, 2.05) is 32.0 Å². The van der Waals surface area contributed by atoms with Crippen LogP contribution in [0.15, 0.2) is 35.6 Å². The van der Waals surface area contributed by atoms with Crippen LogP contribution in [0.3, 0.4) is 0 Å². The predicted octanol–water partition coefficient (Wildman–Crippen LogP) is 2.17. The number of hydrogen-bond donors (Lipinski definition) is 0. The number of benzene rings is 1. The molecule has 0 unspecified atom stereocenters. The lowest BCUT2D eigenvalue weighted by molar-refractivity contribution is 0.109. The molecule has 0 atom stereocenters. The standard InChI is InChI=1S/C22H26N6O2/c1-15(2)28-14-25-20-11-16(3-4-17(20)22(28)29)26-6-8-27(9-7-26)21-18-12-30-10-5-19(18)23-13-24-21/h3-4,11,13-15H,5-10,12H2,1-2H3. The smallest absolute Gasteiger partial charge is 0.261 e. The zero-order valence-corrected chi connectivity index (χ0v) is 17.4. The molecule has 1 fully saturated rings. The van der Waals surface area contributed by atoms with Crippen molar-refractivity contribution in [3.8, 4) is 0 Å². The largest absolute Gasteiger partial charge is 0.376 e. The molecule has 8 nitrogen and oxygen atoms in total. The molecule has 0 bridgehead atoms. The molecule has 2 aliphatic heterocycles. The minimum Gasteiger partial charge on any atom is -0.376 e. The minimum atomic E-state index is 0.0159. The van der Waals surface area contributed by atoms with E-state index in [9.17, 15) is 4.79 Å². The summed E-state index contributed by atoms with van der Waals surface area (Å²) < 4.78 is 7.31. The Labute approximate surface area is 175 Å². The lowest BCUT2D eigenvalue weighted by Crippen LogP contribution is -2.47. The fourth-order valence-electron chi connectivity index (χ4n) is 4.28. The zero-order chi connectivity index (χ0) is 20.7. The van der Waals surface area contributed by atoms with E-state index in [-0.39, 0.29) is 11.6 Å². The van der Waals surface area contributed by atoms with E-state index in [0.717, 1.165) is 67.5 Å². The molecule has 0 saturated carbocycles. The molecule has 4 heterocycles. The second-order valence-electron chi connectivity index (χ2n) is 8.15. The van der Waals surface area contributed by atoms with Gasteiger partial charge in [0.1, 0.15) is 12.1 Å². The summed E-state index contributed by atoms with van der Waals surface area (Å²) in [6, 6.07) is 6.06. The van der Waals surface area contributed by atoms with Crippen LogP contribution in [0.1, 0.15) is 31.1 Å². The van der Waals surface area contributed by atoms with Crippen molar-refractivity contribution in [1.82, 2.24) is 19.5 Å². The summed E-state index contributed by atoms with van der Waals surface area (Å²) in [5.41, 5.74) is 4.11. The summed E-state index contributed by atoms with van der Waals surface area (Å²) in [5.74, 6) is 1.01. The van der Waals surface area contributed by atoms with Gasteiger partial charge in [0.2, 0.25) is 0 Å². The minimum absolute atomic E-state index is 0.0159.